The summed E-state index contributed by atoms with van der Waals surface area (Å²) >= 11 is 0. The molecule has 0 bridgehead atoms. The van der Waals surface area contributed by atoms with Crippen LogP contribution < -0.4 is 16.7 Å². The number of carbonyl (C=O) groups is 1. The number of benzene rings is 1. The fourth-order valence-electron chi connectivity index (χ4n) is 3.25. The molecule has 3 rings (SSSR count). The zero-order valence-corrected chi connectivity index (χ0v) is 14.7. The fourth-order valence-corrected chi connectivity index (χ4v) is 3.25. The van der Waals surface area contributed by atoms with Gasteiger partial charge in [-0.2, -0.15) is 0 Å². The third kappa shape index (κ3) is 3.65. The molecule has 0 radical (unpaired) electrons. The molecule has 0 saturated heterocycles. The molecule has 1 aromatic carbocycles. The van der Waals surface area contributed by atoms with E-state index in [-0.39, 0.29) is 36.0 Å². The molecule has 1 saturated carbocycles. The maximum absolute atomic E-state index is 12.3. The van der Waals surface area contributed by atoms with Crippen molar-refractivity contribution in [2.24, 2.45) is 11.7 Å². The van der Waals surface area contributed by atoms with Crippen molar-refractivity contribution in [2.45, 2.75) is 38.6 Å². The van der Waals surface area contributed by atoms with E-state index in [2.05, 4.69) is 10.3 Å². The summed E-state index contributed by atoms with van der Waals surface area (Å²) in [6, 6.07) is 5.68. The minimum Gasteiger partial charge on any atom is -0.352 e. The Labute approximate surface area is 147 Å². The highest BCUT2D eigenvalue weighted by Crippen LogP contribution is 2.30. The molecule has 2 aromatic rings. The Balaban J connectivity index is 0.00000208. The molecular weight excluding hydrogens is 328 g/mol. The Morgan fingerprint density at radius 3 is 2.79 bits per heavy atom. The molecule has 1 heterocycles. The van der Waals surface area contributed by atoms with Crippen molar-refractivity contribution in [1.82, 2.24) is 14.9 Å². The number of hydrogen-bond acceptors (Lipinski definition) is 3. The van der Waals surface area contributed by atoms with E-state index in [1.807, 2.05) is 17.6 Å². The molecule has 7 heteroatoms. The van der Waals surface area contributed by atoms with Crippen molar-refractivity contribution in [3.8, 4) is 0 Å². The molecule has 1 aromatic heterocycles. The number of hydrogen-bond donors (Lipinski definition) is 3. The van der Waals surface area contributed by atoms with E-state index in [1.165, 1.54) is 12.8 Å². The van der Waals surface area contributed by atoms with Crippen LogP contribution in [-0.4, -0.2) is 28.5 Å². The Morgan fingerprint density at radius 2 is 2.12 bits per heavy atom. The van der Waals surface area contributed by atoms with E-state index < -0.39 is 0 Å². The number of H-pyrrole nitrogens is 1. The smallest absolute Gasteiger partial charge is 0.326 e. The van der Waals surface area contributed by atoms with Gasteiger partial charge < -0.3 is 16.0 Å². The second-order valence-corrected chi connectivity index (χ2v) is 6.52. The van der Waals surface area contributed by atoms with Crippen LogP contribution in [0.5, 0.6) is 0 Å². The molecular formula is C17H25ClN4O2. The van der Waals surface area contributed by atoms with Gasteiger partial charge >= 0.3 is 5.69 Å². The Morgan fingerprint density at radius 1 is 1.42 bits per heavy atom. The van der Waals surface area contributed by atoms with Crippen molar-refractivity contribution < 1.29 is 4.79 Å². The first kappa shape index (κ1) is 18.5. The number of halogens is 1. The van der Waals surface area contributed by atoms with Crippen LogP contribution in [-0.2, 0) is 0 Å². The van der Waals surface area contributed by atoms with Crippen LogP contribution in [0.1, 0.15) is 49.0 Å². The largest absolute Gasteiger partial charge is 0.352 e. The quantitative estimate of drug-likeness (QED) is 0.770. The molecule has 24 heavy (non-hydrogen) atoms. The number of aromatic nitrogens is 2. The summed E-state index contributed by atoms with van der Waals surface area (Å²) in [6.45, 7) is 3.08. The first-order chi connectivity index (χ1) is 11.1. The number of nitrogens with two attached hydrogens (primary N) is 1. The Hall–Kier alpha value is -1.79. The second kappa shape index (κ2) is 7.85. The molecule has 132 valence electrons. The summed E-state index contributed by atoms with van der Waals surface area (Å²) in [7, 11) is 0. The van der Waals surface area contributed by atoms with Crippen molar-refractivity contribution in [2.75, 3.05) is 13.1 Å². The summed E-state index contributed by atoms with van der Waals surface area (Å²) in [5.74, 6) is 0.104. The number of amides is 1. The van der Waals surface area contributed by atoms with E-state index in [1.54, 1.807) is 12.1 Å². The lowest BCUT2D eigenvalue weighted by Gasteiger charge is -2.12. The average Bonchev–Trinajstić information content (AvgIpc) is 3.17. The molecule has 1 unspecified atom stereocenters. The van der Waals surface area contributed by atoms with E-state index in [4.69, 9.17) is 5.73 Å². The van der Waals surface area contributed by atoms with Crippen LogP contribution >= 0.6 is 12.4 Å². The summed E-state index contributed by atoms with van der Waals surface area (Å²) in [6.07, 6.45) is 4.44. The summed E-state index contributed by atoms with van der Waals surface area (Å²) in [5.41, 5.74) is 7.64. The predicted molar refractivity (Wildman–Crippen MR) is 97.9 cm³/mol. The first-order valence-corrected chi connectivity index (χ1v) is 8.32. The number of rotatable bonds is 5. The molecule has 1 amide bonds. The number of aromatic amines is 1. The van der Waals surface area contributed by atoms with Crippen LogP contribution in [0, 0.1) is 5.92 Å². The zero-order chi connectivity index (χ0) is 16.4. The monoisotopic (exact) mass is 352 g/mol. The van der Waals surface area contributed by atoms with Crippen molar-refractivity contribution in [1.29, 1.82) is 0 Å². The van der Waals surface area contributed by atoms with E-state index in [0.717, 1.165) is 23.9 Å². The predicted octanol–water partition coefficient (Wildman–Crippen LogP) is 2.19. The van der Waals surface area contributed by atoms with Crippen LogP contribution in [0.3, 0.4) is 0 Å². The van der Waals surface area contributed by atoms with Gasteiger partial charge in [0.15, 0.2) is 0 Å². The van der Waals surface area contributed by atoms with Gasteiger partial charge in [0.2, 0.25) is 0 Å². The Bertz CT molecular complexity index is 762. The van der Waals surface area contributed by atoms with Gasteiger partial charge in [0, 0.05) is 18.2 Å². The Kier molecular flexibility index (Phi) is 6.07. The number of imidazole rings is 1. The highest BCUT2D eigenvalue weighted by molar-refractivity contribution is 5.97. The van der Waals surface area contributed by atoms with Gasteiger partial charge in [-0.25, -0.2) is 4.79 Å². The van der Waals surface area contributed by atoms with Gasteiger partial charge in [0.1, 0.15) is 0 Å². The minimum absolute atomic E-state index is 0. The molecule has 0 spiro atoms. The van der Waals surface area contributed by atoms with Crippen LogP contribution in [0.2, 0.25) is 0 Å². The summed E-state index contributed by atoms with van der Waals surface area (Å²) in [5, 5.41) is 2.87. The third-order valence-electron chi connectivity index (χ3n) is 4.68. The summed E-state index contributed by atoms with van der Waals surface area (Å²) in [4.78, 5) is 27.3. The van der Waals surface area contributed by atoms with Crippen molar-refractivity contribution in [3.05, 3.63) is 34.2 Å². The standard InChI is InChI=1S/C17H24N4O2.ClH/c1-11(9-18)10-19-16(22)12-6-7-15-14(8-12)20-17(23)21(15)13-4-2-3-5-13;/h6-8,11,13H,2-5,9-10,18H2,1H3,(H,19,22)(H,20,23);1H. The SMILES string of the molecule is CC(CN)CNC(=O)c1ccc2c(c1)[nH]c(=O)n2C1CCCC1.Cl. The second-order valence-electron chi connectivity index (χ2n) is 6.52. The molecule has 6 nitrogen and oxygen atoms in total. The number of fused-ring (bicyclic) bond motifs is 1. The van der Waals surface area contributed by atoms with Gasteiger partial charge in [-0.3, -0.25) is 9.36 Å². The highest BCUT2D eigenvalue weighted by Gasteiger charge is 2.21. The molecule has 1 atom stereocenters. The van der Waals surface area contributed by atoms with E-state index in [9.17, 15) is 9.59 Å². The van der Waals surface area contributed by atoms with Crippen molar-refractivity contribution in [3.63, 3.8) is 0 Å². The van der Waals surface area contributed by atoms with Crippen LogP contribution in [0.4, 0.5) is 0 Å². The number of nitrogens with zero attached hydrogens (tertiary/aromatic N) is 1. The third-order valence-corrected chi connectivity index (χ3v) is 4.68. The van der Waals surface area contributed by atoms with Crippen LogP contribution in [0.25, 0.3) is 11.0 Å². The van der Waals surface area contributed by atoms with Gasteiger partial charge in [-0.1, -0.05) is 19.8 Å². The number of nitrogens with one attached hydrogen (secondary N) is 2. The van der Waals surface area contributed by atoms with Gasteiger partial charge in [-0.05, 0) is 43.5 Å². The average molecular weight is 353 g/mol. The topological polar surface area (TPSA) is 92.9 Å². The molecule has 1 fully saturated rings. The van der Waals surface area contributed by atoms with E-state index >= 15 is 0 Å². The molecule has 0 aliphatic heterocycles. The lowest BCUT2D eigenvalue weighted by atomic mass is 10.1. The van der Waals surface area contributed by atoms with Gasteiger partial charge in [0.05, 0.1) is 11.0 Å². The lowest BCUT2D eigenvalue weighted by Crippen LogP contribution is -2.31. The highest BCUT2D eigenvalue weighted by atomic mass is 35.5. The zero-order valence-electron chi connectivity index (χ0n) is 13.9. The van der Waals surface area contributed by atoms with E-state index in [0.29, 0.717) is 18.7 Å². The van der Waals surface area contributed by atoms with Crippen LogP contribution in [0.15, 0.2) is 23.0 Å². The van der Waals surface area contributed by atoms with Crippen molar-refractivity contribution >= 4 is 29.3 Å². The van der Waals surface area contributed by atoms with Gasteiger partial charge in [0.25, 0.3) is 5.91 Å². The molecule has 1 aliphatic rings. The maximum Gasteiger partial charge on any atom is 0.326 e. The summed E-state index contributed by atoms with van der Waals surface area (Å²) < 4.78 is 1.85. The number of carbonyl (C=O) groups excluding carboxylic acids is 1. The molecule has 4 N–H and O–H groups in total. The fraction of sp³-hybridized carbons (Fsp3) is 0.529. The van der Waals surface area contributed by atoms with Gasteiger partial charge in [-0.15, -0.1) is 12.4 Å². The normalized spacial score (nSPS) is 16.1. The minimum atomic E-state index is -0.137. The first-order valence-electron chi connectivity index (χ1n) is 8.32. The lowest BCUT2D eigenvalue weighted by molar-refractivity contribution is 0.0948. The molecule has 1 aliphatic carbocycles. The maximum atomic E-state index is 12.3.